The Morgan fingerprint density at radius 2 is 2.25 bits per heavy atom. The molecule has 1 heterocycles. The highest BCUT2D eigenvalue weighted by molar-refractivity contribution is 5.92. The second kappa shape index (κ2) is 5.45. The summed E-state index contributed by atoms with van der Waals surface area (Å²) >= 11 is 0. The summed E-state index contributed by atoms with van der Waals surface area (Å²) in [6.45, 7) is -0.325. The number of carbonyl (C=O) groups excluding carboxylic acids is 2. The zero-order valence-electron chi connectivity index (χ0n) is 8.60. The maximum absolute atomic E-state index is 11.5. The number of aliphatic hydroxyl groups excluding tert-OH is 1. The van der Waals surface area contributed by atoms with Crippen molar-refractivity contribution in [3.63, 3.8) is 0 Å². The Kier molecular flexibility index (Phi) is 4.24. The first kappa shape index (κ1) is 12.4. The molecule has 0 spiro atoms. The number of hydrogen-bond donors (Lipinski definition) is 4. The van der Waals surface area contributed by atoms with Gasteiger partial charge in [0, 0.05) is 19.4 Å². The summed E-state index contributed by atoms with van der Waals surface area (Å²) in [5.41, 5.74) is 0. The van der Waals surface area contributed by atoms with Crippen molar-refractivity contribution >= 4 is 17.8 Å². The average Bonchev–Trinajstić information content (AvgIpc) is 2.64. The Bertz CT molecular complexity index is 304. The third-order valence-electron chi connectivity index (χ3n) is 2.34. The Morgan fingerprint density at radius 3 is 2.69 bits per heavy atom. The minimum Gasteiger partial charge on any atom is -0.480 e. The van der Waals surface area contributed by atoms with E-state index in [1.165, 1.54) is 0 Å². The minimum absolute atomic E-state index is 0.0538. The van der Waals surface area contributed by atoms with Gasteiger partial charge < -0.3 is 20.8 Å². The molecule has 7 heteroatoms. The summed E-state index contributed by atoms with van der Waals surface area (Å²) in [6.07, 6.45) is 0.591. The lowest BCUT2D eigenvalue weighted by Gasteiger charge is -2.16. The summed E-state index contributed by atoms with van der Waals surface area (Å²) in [6, 6.07) is -1.77. The standard InChI is InChI=1S/C9H14N2O5/c12-4-3-6(9(15)16)11-8(14)5-1-2-7(13)10-5/h5-6,12H,1-4H2,(H,10,13)(H,11,14)(H,15,16). The Balaban J connectivity index is 2.48. The van der Waals surface area contributed by atoms with E-state index in [0.717, 1.165) is 0 Å². The van der Waals surface area contributed by atoms with Gasteiger partial charge in [-0.15, -0.1) is 0 Å². The van der Waals surface area contributed by atoms with Crippen molar-refractivity contribution in [2.75, 3.05) is 6.61 Å². The van der Waals surface area contributed by atoms with Crippen LogP contribution in [0, 0.1) is 0 Å². The van der Waals surface area contributed by atoms with Crippen LogP contribution in [0.2, 0.25) is 0 Å². The van der Waals surface area contributed by atoms with E-state index < -0.39 is 24.0 Å². The quantitative estimate of drug-likeness (QED) is 0.445. The van der Waals surface area contributed by atoms with E-state index in [1.807, 2.05) is 0 Å². The van der Waals surface area contributed by atoms with Crippen LogP contribution in [0.25, 0.3) is 0 Å². The number of carbonyl (C=O) groups is 3. The molecule has 0 aromatic rings. The lowest BCUT2D eigenvalue weighted by Crippen LogP contribution is -2.49. The maximum atomic E-state index is 11.5. The maximum Gasteiger partial charge on any atom is 0.326 e. The van der Waals surface area contributed by atoms with E-state index in [4.69, 9.17) is 10.2 Å². The van der Waals surface area contributed by atoms with Crippen molar-refractivity contribution < 1.29 is 24.6 Å². The summed E-state index contributed by atoms with van der Waals surface area (Å²) in [7, 11) is 0. The molecular weight excluding hydrogens is 216 g/mol. The first-order valence-corrected chi connectivity index (χ1v) is 4.98. The van der Waals surface area contributed by atoms with Crippen molar-refractivity contribution in [2.45, 2.75) is 31.3 Å². The van der Waals surface area contributed by atoms with Crippen molar-refractivity contribution in [1.82, 2.24) is 10.6 Å². The smallest absolute Gasteiger partial charge is 0.326 e. The number of aliphatic hydroxyl groups is 1. The molecule has 0 bridgehead atoms. The number of rotatable bonds is 5. The van der Waals surface area contributed by atoms with E-state index in [-0.39, 0.29) is 25.4 Å². The van der Waals surface area contributed by atoms with Gasteiger partial charge in [-0.25, -0.2) is 4.79 Å². The van der Waals surface area contributed by atoms with Crippen LogP contribution in [0.15, 0.2) is 0 Å². The molecule has 90 valence electrons. The van der Waals surface area contributed by atoms with Gasteiger partial charge in [0.2, 0.25) is 11.8 Å². The predicted octanol–water partition coefficient (Wildman–Crippen LogP) is -1.78. The average molecular weight is 230 g/mol. The number of carboxylic acid groups (broad SMARTS) is 1. The number of amides is 2. The number of nitrogens with one attached hydrogen (secondary N) is 2. The zero-order chi connectivity index (χ0) is 12.1. The van der Waals surface area contributed by atoms with Gasteiger partial charge in [-0.05, 0) is 6.42 Å². The second-order valence-electron chi connectivity index (χ2n) is 3.57. The molecule has 1 aliphatic heterocycles. The van der Waals surface area contributed by atoms with E-state index in [0.29, 0.717) is 6.42 Å². The first-order valence-electron chi connectivity index (χ1n) is 4.98. The van der Waals surface area contributed by atoms with Crippen molar-refractivity contribution in [1.29, 1.82) is 0 Å². The van der Waals surface area contributed by atoms with Crippen LogP contribution < -0.4 is 10.6 Å². The van der Waals surface area contributed by atoms with E-state index in [2.05, 4.69) is 10.6 Å². The third-order valence-corrected chi connectivity index (χ3v) is 2.34. The highest BCUT2D eigenvalue weighted by Crippen LogP contribution is 2.07. The molecule has 2 atom stereocenters. The Morgan fingerprint density at radius 1 is 1.56 bits per heavy atom. The molecule has 0 aliphatic carbocycles. The topological polar surface area (TPSA) is 116 Å². The fourth-order valence-electron chi connectivity index (χ4n) is 1.47. The lowest BCUT2D eigenvalue weighted by atomic mass is 10.1. The third kappa shape index (κ3) is 3.20. The summed E-state index contributed by atoms with van der Waals surface area (Å²) < 4.78 is 0. The first-order chi connectivity index (χ1) is 7.54. The molecule has 7 nitrogen and oxygen atoms in total. The van der Waals surface area contributed by atoms with Crippen molar-refractivity contribution in [3.8, 4) is 0 Å². The van der Waals surface area contributed by atoms with Crippen molar-refractivity contribution in [2.24, 2.45) is 0 Å². The monoisotopic (exact) mass is 230 g/mol. The van der Waals surface area contributed by atoms with E-state index >= 15 is 0 Å². The van der Waals surface area contributed by atoms with Gasteiger partial charge >= 0.3 is 5.97 Å². The van der Waals surface area contributed by atoms with Crippen LogP contribution in [0.3, 0.4) is 0 Å². The van der Waals surface area contributed by atoms with Gasteiger partial charge in [-0.3, -0.25) is 9.59 Å². The largest absolute Gasteiger partial charge is 0.480 e. The van der Waals surface area contributed by atoms with Gasteiger partial charge in [0.25, 0.3) is 0 Å². The van der Waals surface area contributed by atoms with Gasteiger partial charge in [0.05, 0.1) is 0 Å². The lowest BCUT2D eigenvalue weighted by molar-refractivity contribution is -0.142. The molecule has 0 aromatic heterocycles. The van der Waals surface area contributed by atoms with Gasteiger partial charge in [0.1, 0.15) is 12.1 Å². The van der Waals surface area contributed by atoms with Crippen LogP contribution in [0.1, 0.15) is 19.3 Å². The van der Waals surface area contributed by atoms with Gasteiger partial charge in [0.15, 0.2) is 0 Å². The fourth-order valence-corrected chi connectivity index (χ4v) is 1.47. The number of aliphatic carboxylic acids is 1. The molecule has 0 aromatic carbocycles. The Labute approximate surface area is 91.8 Å². The number of carboxylic acids is 1. The van der Waals surface area contributed by atoms with Crippen LogP contribution in [-0.2, 0) is 14.4 Å². The van der Waals surface area contributed by atoms with Crippen LogP contribution >= 0.6 is 0 Å². The fraction of sp³-hybridized carbons (Fsp3) is 0.667. The van der Waals surface area contributed by atoms with Gasteiger partial charge in [-0.1, -0.05) is 0 Å². The summed E-state index contributed by atoms with van der Waals surface area (Å²) in [5, 5.41) is 22.1. The molecular formula is C9H14N2O5. The summed E-state index contributed by atoms with van der Waals surface area (Å²) in [4.78, 5) is 33.1. The Hall–Kier alpha value is -1.63. The minimum atomic E-state index is -1.20. The number of hydrogen-bond acceptors (Lipinski definition) is 4. The van der Waals surface area contributed by atoms with E-state index in [9.17, 15) is 14.4 Å². The molecule has 1 saturated heterocycles. The predicted molar refractivity (Wildman–Crippen MR) is 52.4 cm³/mol. The molecule has 0 radical (unpaired) electrons. The van der Waals surface area contributed by atoms with Crippen LogP contribution in [-0.4, -0.2) is 46.7 Å². The van der Waals surface area contributed by atoms with Crippen molar-refractivity contribution in [3.05, 3.63) is 0 Å². The van der Waals surface area contributed by atoms with E-state index in [1.54, 1.807) is 0 Å². The molecule has 2 amide bonds. The highest BCUT2D eigenvalue weighted by Gasteiger charge is 2.29. The second-order valence-corrected chi connectivity index (χ2v) is 3.57. The molecule has 1 fully saturated rings. The molecule has 1 rings (SSSR count). The van der Waals surface area contributed by atoms with Crippen LogP contribution in [0.4, 0.5) is 0 Å². The molecule has 16 heavy (non-hydrogen) atoms. The van der Waals surface area contributed by atoms with Crippen LogP contribution in [0.5, 0.6) is 0 Å². The highest BCUT2D eigenvalue weighted by atomic mass is 16.4. The molecule has 1 aliphatic rings. The van der Waals surface area contributed by atoms with Gasteiger partial charge in [-0.2, -0.15) is 0 Å². The normalized spacial score (nSPS) is 21.3. The molecule has 0 saturated carbocycles. The SMILES string of the molecule is O=C1CCC(C(=O)NC(CCO)C(=O)O)N1. The zero-order valence-corrected chi connectivity index (χ0v) is 8.60. The molecule has 4 N–H and O–H groups in total. The molecule has 2 unspecified atom stereocenters. The summed E-state index contributed by atoms with van der Waals surface area (Å²) in [5.74, 6) is -1.94.